The first-order valence-corrected chi connectivity index (χ1v) is 4.77. The van der Waals surface area contributed by atoms with Gasteiger partial charge in [0.2, 0.25) is 5.91 Å². The number of ether oxygens (including phenoxy) is 1. The average molecular weight is 187 g/mol. The topological polar surface area (TPSA) is 49.8 Å². The van der Waals surface area contributed by atoms with E-state index in [4.69, 9.17) is 4.74 Å². The molecule has 0 bridgehead atoms. The lowest BCUT2D eigenvalue weighted by Crippen LogP contribution is -2.43. The summed E-state index contributed by atoms with van der Waals surface area (Å²) in [6.45, 7) is 3.78. The van der Waals surface area contributed by atoms with E-state index in [1.54, 1.807) is 4.90 Å². The highest BCUT2D eigenvalue weighted by Gasteiger charge is 2.21. The predicted octanol–water partition coefficient (Wildman–Crippen LogP) is 0.00620. The Kier molecular flexibility index (Phi) is 4.18. The van der Waals surface area contributed by atoms with E-state index in [-0.39, 0.29) is 18.6 Å². The molecule has 0 aromatic carbocycles. The number of rotatable bonds is 3. The van der Waals surface area contributed by atoms with Gasteiger partial charge in [-0.2, -0.15) is 0 Å². The summed E-state index contributed by atoms with van der Waals surface area (Å²) in [7, 11) is 0. The number of nitrogens with zero attached hydrogens (tertiary/aromatic N) is 1. The van der Waals surface area contributed by atoms with Crippen molar-refractivity contribution in [3.8, 4) is 0 Å². The van der Waals surface area contributed by atoms with Crippen LogP contribution in [0.2, 0.25) is 0 Å². The molecule has 1 unspecified atom stereocenters. The number of carbonyl (C=O) groups excluding carboxylic acids is 1. The molecule has 13 heavy (non-hydrogen) atoms. The minimum atomic E-state index is -0.348. The lowest BCUT2D eigenvalue weighted by molar-refractivity contribution is -0.139. The number of likely N-dealkylation sites (tertiary alicyclic amines) is 1. The predicted molar refractivity (Wildman–Crippen MR) is 48.3 cm³/mol. The quantitative estimate of drug-likeness (QED) is 0.677. The van der Waals surface area contributed by atoms with Crippen molar-refractivity contribution in [2.75, 3.05) is 26.3 Å². The van der Waals surface area contributed by atoms with E-state index >= 15 is 0 Å². The highest BCUT2D eigenvalue weighted by Crippen LogP contribution is 2.09. The maximum Gasteiger partial charge on any atom is 0.248 e. The van der Waals surface area contributed by atoms with Crippen molar-refractivity contribution in [1.29, 1.82) is 0 Å². The van der Waals surface area contributed by atoms with Crippen molar-refractivity contribution < 1.29 is 14.6 Å². The van der Waals surface area contributed by atoms with Crippen LogP contribution >= 0.6 is 0 Å². The van der Waals surface area contributed by atoms with Crippen molar-refractivity contribution in [2.24, 2.45) is 0 Å². The van der Waals surface area contributed by atoms with E-state index in [0.29, 0.717) is 13.2 Å². The third-order valence-electron chi connectivity index (χ3n) is 2.18. The summed E-state index contributed by atoms with van der Waals surface area (Å²) in [6, 6.07) is 0. The first kappa shape index (κ1) is 10.5. The van der Waals surface area contributed by atoms with Crippen LogP contribution in [0, 0.1) is 0 Å². The Hall–Kier alpha value is -0.610. The Morgan fingerprint density at radius 3 is 3.08 bits per heavy atom. The summed E-state index contributed by atoms with van der Waals surface area (Å²) in [6.07, 6.45) is 1.34. The summed E-state index contributed by atoms with van der Waals surface area (Å²) >= 11 is 0. The summed E-state index contributed by atoms with van der Waals surface area (Å²) < 4.78 is 5.01. The van der Waals surface area contributed by atoms with Gasteiger partial charge < -0.3 is 14.7 Å². The van der Waals surface area contributed by atoms with Gasteiger partial charge in [-0.25, -0.2) is 0 Å². The number of hydrogen-bond donors (Lipinski definition) is 1. The lowest BCUT2D eigenvalue weighted by Gasteiger charge is -2.29. The Bertz CT molecular complexity index is 172. The largest absolute Gasteiger partial charge is 0.391 e. The van der Waals surface area contributed by atoms with Gasteiger partial charge >= 0.3 is 0 Å². The number of amides is 1. The highest BCUT2D eigenvalue weighted by molar-refractivity contribution is 5.77. The van der Waals surface area contributed by atoms with Crippen molar-refractivity contribution in [2.45, 2.75) is 25.9 Å². The Morgan fingerprint density at radius 1 is 1.69 bits per heavy atom. The number of piperidine rings is 1. The summed E-state index contributed by atoms with van der Waals surface area (Å²) in [4.78, 5) is 13.1. The Morgan fingerprint density at radius 2 is 2.46 bits per heavy atom. The number of β-amino-alcohol motifs (C(OH)–C–C–N with tert-alkyl or cyclic N) is 1. The minimum absolute atomic E-state index is 0.0133. The van der Waals surface area contributed by atoms with Crippen LogP contribution in [0.3, 0.4) is 0 Å². The van der Waals surface area contributed by atoms with Crippen LogP contribution in [-0.2, 0) is 9.53 Å². The zero-order chi connectivity index (χ0) is 9.68. The number of aliphatic hydroxyl groups excluding tert-OH is 1. The van der Waals surface area contributed by atoms with Crippen molar-refractivity contribution in [3.63, 3.8) is 0 Å². The van der Waals surface area contributed by atoms with Crippen LogP contribution in [0.1, 0.15) is 19.8 Å². The molecule has 0 aliphatic carbocycles. The molecular weight excluding hydrogens is 170 g/mol. The van der Waals surface area contributed by atoms with Crippen LogP contribution < -0.4 is 0 Å². The molecule has 1 fully saturated rings. The monoisotopic (exact) mass is 187 g/mol. The number of hydrogen-bond acceptors (Lipinski definition) is 3. The van der Waals surface area contributed by atoms with E-state index < -0.39 is 0 Å². The van der Waals surface area contributed by atoms with E-state index in [0.717, 1.165) is 19.4 Å². The van der Waals surface area contributed by atoms with Gasteiger partial charge in [0.15, 0.2) is 0 Å². The molecule has 1 aliphatic heterocycles. The van der Waals surface area contributed by atoms with Gasteiger partial charge in [0.05, 0.1) is 6.10 Å². The third-order valence-corrected chi connectivity index (χ3v) is 2.18. The van der Waals surface area contributed by atoms with Gasteiger partial charge in [-0.1, -0.05) is 0 Å². The zero-order valence-electron chi connectivity index (χ0n) is 8.03. The maximum absolute atomic E-state index is 11.4. The van der Waals surface area contributed by atoms with Gasteiger partial charge in [-0.15, -0.1) is 0 Å². The second-order valence-electron chi connectivity index (χ2n) is 3.27. The van der Waals surface area contributed by atoms with Gasteiger partial charge in [0, 0.05) is 19.7 Å². The summed E-state index contributed by atoms with van der Waals surface area (Å²) in [5.41, 5.74) is 0. The van der Waals surface area contributed by atoms with Crippen LogP contribution in [0.25, 0.3) is 0 Å². The molecule has 0 spiro atoms. The average Bonchev–Trinajstić information content (AvgIpc) is 2.14. The van der Waals surface area contributed by atoms with Crippen molar-refractivity contribution in [3.05, 3.63) is 0 Å². The Balaban J connectivity index is 2.28. The number of aliphatic hydroxyl groups is 1. The summed E-state index contributed by atoms with van der Waals surface area (Å²) in [5.74, 6) is -0.0133. The van der Waals surface area contributed by atoms with Gasteiger partial charge in [-0.05, 0) is 19.8 Å². The van der Waals surface area contributed by atoms with E-state index in [9.17, 15) is 9.90 Å². The van der Waals surface area contributed by atoms with Crippen molar-refractivity contribution >= 4 is 5.91 Å². The molecular formula is C9H17NO3. The SMILES string of the molecule is CCOCC(=O)N1CCCC(O)C1. The molecule has 0 aromatic rings. The molecule has 1 N–H and O–H groups in total. The van der Waals surface area contributed by atoms with E-state index in [1.807, 2.05) is 6.92 Å². The van der Waals surface area contributed by atoms with E-state index in [1.165, 1.54) is 0 Å². The normalized spacial score (nSPS) is 23.2. The first-order valence-electron chi connectivity index (χ1n) is 4.77. The van der Waals surface area contributed by atoms with Crippen LogP contribution in [-0.4, -0.2) is 48.3 Å². The molecule has 4 nitrogen and oxygen atoms in total. The van der Waals surface area contributed by atoms with Crippen molar-refractivity contribution in [1.82, 2.24) is 4.90 Å². The fraction of sp³-hybridized carbons (Fsp3) is 0.889. The lowest BCUT2D eigenvalue weighted by atomic mass is 10.1. The number of carbonyl (C=O) groups is 1. The Labute approximate surface area is 78.5 Å². The first-order chi connectivity index (χ1) is 6.24. The molecule has 4 heteroatoms. The molecule has 76 valence electrons. The van der Waals surface area contributed by atoms with E-state index in [2.05, 4.69) is 0 Å². The maximum atomic E-state index is 11.4. The van der Waals surface area contributed by atoms with Crippen LogP contribution in [0.5, 0.6) is 0 Å². The fourth-order valence-corrected chi connectivity index (χ4v) is 1.46. The second-order valence-corrected chi connectivity index (χ2v) is 3.27. The molecule has 1 atom stereocenters. The molecule has 1 rings (SSSR count). The molecule has 1 saturated heterocycles. The summed E-state index contributed by atoms with van der Waals surface area (Å²) in [5, 5.41) is 9.32. The molecule has 1 heterocycles. The van der Waals surface area contributed by atoms with Gasteiger partial charge in [0.1, 0.15) is 6.61 Å². The zero-order valence-corrected chi connectivity index (χ0v) is 8.03. The molecule has 0 aromatic heterocycles. The van der Waals surface area contributed by atoms with Crippen LogP contribution in [0.4, 0.5) is 0 Å². The molecule has 1 amide bonds. The third kappa shape index (κ3) is 3.32. The molecule has 0 saturated carbocycles. The van der Waals surface area contributed by atoms with Crippen LogP contribution in [0.15, 0.2) is 0 Å². The second kappa shape index (κ2) is 5.19. The highest BCUT2D eigenvalue weighted by atomic mass is 16.5. The van der Waals surface area contributed by atoms with Gasteiger partial charge in [0.25, 0.3) is 0 Å². The standard InChI is InChI=1S/C9H17NO3/c1-2-13-7-9(12)10-5-3-4-8(11)6-10/h8,11H,2-7H2,1H3. The van der Waals surface area contributed by atoms with Gasteiger partial charge in [-0.3, -0.25) is 4.79 Å². The molecule has 0 radical (unpaired) electrons. The molecule has 1 aliphatic rings. The smallest absolute Gasteiger partial charge is 0.248 e. The fourth-order valence-electron chi connectivity index (χ4n) is 1.46. The minimum Gasteiger partial charge on any atom is -0.391 e.